The molecule has 0 fully saturated rings. The number of rotatable bonds is 9. The summed E-state index contributed by atoms with van der Waals surface area (Å²) in [6.45, 7) is 8.36. The van der Waals surface area contributed by atoms with Gasteiger partial charge in [-0.3, -0.25) is 4.90 Å². The molecule has 1 atom stereocenters. The Morgan fingerprint density at radius 3 is 2.50 bits per heavy atom. The second-order valence-electron chi connectivity index (χ2n) is 5.92. The lowest BCUT2D eigenvalue weighted by molar-refractivity contribution is 0.261. The molecule has 0 spiro atoms. The van der Waals surface area contributed by atoms with Crippen molar-refractivity contribution < 1.29 is 0 Å². The maximum Gasteiger partial charge on any atom is 0.0465 e. The van der Waals surface area contributed by atoms with Crippen LogP contribution in [0.1, 0.15) is 37.4 Å². The average molecular weight is 410 g/mol. The van der Waals surface area contributed by atoms with Crippen LogP contribution in [-0.4, -0.2) is 24.5 Å². The summed E-state index contributed by atoms with van der Waals surface area (Å²) in [5.41, 5.74) is 2.54. The molecule has 2 rings (SSSR count). The van der Waals surface area contributed by atoms with Crippen molar-refractivity contribution in [3.63, 3.8) is 0 Å². The molecule has 0 amide bonds. The van der Waals surface area contributed by atoms with Gasteiger partial charge in [0.2, 0.25) is 0 Å². The van der Waals surface area contributed by atoms with Crippen LogP contribution in [0.25, 0.3) is 0 Å². The molecule has 1 unspecified atom stereocenters. The van der Waals surface area contributed by atoms with Gasteiger partial charge in [0.25, 0.3) is 0 Å². The van der Waals surface area contributed by atoms with Crippen molar-refractivity contribution in [2.24, 2.45) is 0 Å². The van der Waals surface area contributed by atoms with Gasteiger partial charge in [-0.05, 0) is 42.8 Å². The zero-order valence-electron chi connectivity index (χ0n) is 14.4. The van der Waals surface area contributed by atoms with Crippen molar-refractivity contribution in [1.82, 2.24) is 10.2 Å². The fraction of sp³-hybridized carbons (Fsp3) is 0.400. The van der Waals surface area contributed by atoms with E-state index in [4.69, 9.17) is 11.6 Å². The Morgan fingerprint density at radius 2 is 1.88 bits per heavy atom. The van der Waals surface area contributed by atoms with Crippen LogP contribution in [0.15, 0.2) is 53.0 Å². The molecular formula is C20H26BrClN2. The molecule has 0 radical (unpaired) electrons. The third kappa shape index (κ3) is 5.89. The van der Waals surface area contributed by atoms with Crippen molar-refractivity contribution in [1.29, 1.82) is 0 Å². The van der Waals surface area contributed by atoms with Crippen LogP contribution in [0, 0.1) is 0 Å². The molecule has 0 aliphatic rings. The Morgan fingerprint density at radius 1 is 1.12 bits per heavy atom. The Kier molecular flexibility index (Phi) is 8.26. The first-order valence-corrected chi connectivity index (χ1v) is 9.75. The summed E-state index contributed by atoms with van der Waals surface area (Å²) in [5.74, 6) is 0. The van der Waals surface area contributed by atoms with E-state index in [0.29, 0.717) is 0 Å². The molecule has 1 N–H and O–H groups in total. The quantitative estimate of drug-likeness (QED) is 0.574. The molecule has 24 heavy (non-hydrogen) atoms. The molecule has 0 heterocycles. The minimum atomic E-state index is 0.278. The normalized spacial score (nSPS) is 12.5. The van der Waals surface area contributed by atoms with Crippen molar-refractivity contribution in [2.45, 2.75) is 32.9 Å². The second-order valence-corrected chi connectivity index (χ2v) is 7.24. The lowest BCUT2D eigenvalue weighted by Gasteiger charge is -2.25. The minimum absolute atomic E-state index is 0.278. The number of hydrogen-bond acceptors (Lipinski definition) is 2. The van der Waals surface area contributed by atoms with Crippen molar-refractivity contribution >= 4 is 27.5 Å². The van der Waals surface area contributed by atoms with Crippen molar-refractivity contribution in [2.75, 3.05) is 19.6 Å². The van der Waals surface area contributed by atoms with E-state index in [9.17, 15) is 0 Å². The van der Waals surface area contributed by atoms with Crippen LogP contribution in [0.3, 0.4) is 0 Å². The highest BCUT2D eigenvalue weighted by molar-refractivity contribution is 9.10. The third-order valence-electron chi connectivity index (χ3n) is 4.22. The summed E-state index contributed by atoms with van der Waals surface area (Å²) in [6, 6.07) is 17.1. The number of halogens is 2. The Hall–Kier alpha value is -0.870. The largest absolute Gasteiger partial charge is 0.310 e. The first-order chi connectivity index (χ1) is 11.6. The van der Waals surface area contributed by atoms with E-state index in [1.807, 2.05) is 6.07 Å². The van der Waals surface area contributed by atoms with Gasteiger partial charge < -0.3 is 5.32 Å². The molecule has 0 bridgehead atoms. The van der Waals surface area contributed by atoms with Gasteiger partial charge in [-0.2, -0.15) is 0 Å². The summed E-state index contributed by atoms with van der Waals surface area (Å²) in [7, 11) is 0. The molecular weight excluding hydrogens is 384 g/mol. The first-order valence-electron chi connectivity index (χ1n) is 8.58. The Labute approximate surface area is 159 Å². The number of benzene rings is 2. The zero-order valence-corrected chi connectivity index (χ0v) is 16.8. The summed E-state index contributed by atoms with van der Waals surface area (Å²) in [4.78, 5) is 2.48. The van der Waals surface area contributed by atoms with Crippen LogP contribution in [0.2, 0.25) is 5.02 Å². The predicted octanol–water partition coefficient (Wildman–Crippen LogP) is 5.67. The van der Waals surface area contributed by atoms with E-state index < -0.39 is 0 Å². The smallest absolute Gasteiger partial charge is 0.0465 e. The highest BCUT2D eigenvalue weighted by atomic mass is 79.9. The standard InChI is InChI=1S/C20H26BrClN2/c1-3-23-20(18-11-10-17(21)14-19(18)22)12-13-24(4-2)15-16-8-6-5-7-9-16/h5-11,14,20,23H,3-4,12-13,15H2,1-2H3. The van der Waals surface area contributed by atoms with Crippen LogP contribution in [0.4, 0.5) is 0 Å². The summed E-state index contributed by atoms with van der Waals surface area (Å²) in [5, 5.41) is 4.40. The molecule has 0 aliphatic carbocycles. The molecule has 2 aromatic carbocycles. The Bertz CT molecular complexity index is 618. The fourth-order valence-corrected chi connectivity index (χ4v) is 3.71. The van der Waals surface area contributed by atoms with Gasteiger partial charge >= 0.3 is 0 Å². The van der Waals surface area contributed by atoms with Gasteiger partial charge in [-0.1, -0.05) is 77.8 Å². The van der Waals surface area contributed by atoms with Crippen LogP contribution < -0.4 is 5.32 Å². The zero-order chi connectivity index (χ0) is 17.4. The summed E-state index contributed by atoms with van der Waals surface area (Å²) >= 11 is 9.94. The van der Waals surface area contributed by atoms with Gasteiger partial charge in [0.1, 0.15) is 0 Å². The van der Waals surface area contributed by atoms with Crippen molar-refractivity contribution in [3.8, 4) is 0 Å². The van der Waals surface area contributed by atoms with Gasteiger partial charge in [0.05, 0.1) is 0 Å². The highest BCUT2D eigenvalue weighted by Gasteiger charge is 2.15. The van der Waals surface area contributed by atoms with E-state index in [2.05, 4.69) is 82.5 Å². The summed E-state index contributed by atoms with van der Waals surface area (Å²) < 4.78 is 1.02. The first kappa shape index (κ1) is 19.5. The molecule has 130 valence electrons. The molecule has 2 aromatic rings. The van der Waals surface area contributed by atoms with Gasteiger partial charge in [0, 0.05) is 28.6 Å². The molecule has 0 aromatic heterocycles. The predicted molar refractivity (Wildman–Crippen MR) is 108 cm³/mol. The summed E-state index contributed by atoms with van der Waals surface area (Å²) in [6.07, 6.45) is 1.04. The van der Waals surface area contributed by atoms with E-state index in [1.165, 1.54) is 11.1 Å². The lowest BCUT2D eigenvalue weighted by atomic mass is 10.0. The van der Waals surface area contributed by atoms with Gasteiger partial charge in [-0.25, -0.2) is 0 Å². The fourth-order valence-electron chi connectivity index (χ4n) is 2.90. The highest BCUT2D eigenvalue weighted by Crippen LogP contribution is 2.28. The topological polar surface area (TPSA) is 15.3 Å². The SMILES string of the molecule is CCNC(CCN(CC)Cc1ccccc1)c1ccc(Br)cc1Cl. The maximum absolute atomic E-state index is 6.46. The van der Waals surface area contributed by atoms with E-state index >= 15 is 0 Å². The van der Waals surface area contributed by atoms with E-state index in [0.717, 1.165) is 42.1 Å². The third-order valence-corrected chi connectivity index (χ3v) is 5.04. The van der Waals surface area contributed by atoms with Crippen LogP contribution >= 0.6 is 27.5 Å². The monoisotopic (exact) mass is 408 g/mol. The maximum atomic E-state index is 6.46. The minimum Gasteiger partial charge on any atom is -0.310 e. The lowest BCUT2D eigenvalue weighted by Crippen LogP contribution is -2.29. The Balaban J connectivity index is 2.01. The van der Waals surface area contributed by atoms with Gasteiger partial charge in [0.15, 0.2) is 0 Å². The molecule has 0 saturated carbocycles. The molecule has 0 aliphatic heterocycles. The molecule has 2 nitrogen and oxygen atoms in total. The van der Waals surface area contributed by atoms with Gasteiger partial charge in [-0.15, -0.1) is 0 Å². The van der Waals surface area contributed by atoms with Crippen LogP contribution in [0.5, 0.6) is 0 Å². The average Bonchev–Trinajstić information content (AvgIpc) is 2.58. The van der Waals surface area contributed by atoms with Crippen molar-refractivity contribution in [3.05, 3.63) is 69.2 Å². The van der Waals surface area contributed by atoms with Crippen LogP contribution in [-0.2, 0) is 6.54 Å². The number of nitrogens with zero attached hydrogens (tertiary/aromatic N) is 1. The van der Waals surface area contributed by atoms with E-state index in [-0.39, 0.29) is 6.04 Å². The number of nitrogens with one attached hydrogen (secondary N) is 1. The van der Waals surface area contributed by atoms with E-state index in [1.54, 1.807) is 0 Å². The molecule has 0 saturated heterocycles. The second kappa shape index (κ2) is 10.2. The molecule has 4 heteroatoms. The number of hydrogen-bond donors (Lipinski definition) is 1.